The maximum atomic E-state index is 11.9. The van der Waals surface area contributed by atoms with Gasteiger partial charge in [0.2, 0.25) is 5.91 Å². The van der Waals surface area contributed by atoms with Crippen molar-refractivity contribution in [2.75, 3.05) is 38.6 Å². The Hall–Kier alpha value is -1.07. The molecule has 0 aromatic heterocycles. The zero-order valence-electron chi connectivity index (χ0n) is 11.4. The summed E-state index contributed by atoms with van der Waals surface area (Å²) in [7, 11) is 3.81. The SMILES string of the molecule is CNCc1ccc(N2CCCN(C)C(=O)C2)c(Br)c1. The number of carbonyl (C=O) groups is 1. The van der Waals surface area contributed by atoms with Gasteiger partial charge in [-0.3, -0.25) is 4.79 Å². The van der Waals surface area contributed by atoms with Gasteiger partial charge in [-0.1, -0.05) is 6.07 Å². The van der Waals surface area contributed by atoms with E-state index in [-0.39, 0.29) is 5.91 Å². The number of nitrogens with one attached hydrogen (secondary N) is 1. The number of amides is 1. The van der Waals surface area contributed by atoms with E-state index in [4.69, 9.17) is 0 Å². The Morgan fingerprint density at radius 2 is 2.16 bits per heavy atom. The lowest BCUT2D eigenvalue weighted by Gasteiger charge is -2.23. The van der Waals surface area contributed by atoms with Crippen molar-refractivity contribution < 1.29 is 4.79 Å². The molecule has 1 saturated heterocycles. The van der Waals surface area contributed by atoms with Gasteiger partial charge in [-0.25, -0.2) is 0 Å². The lowest BCUT2D eigenvalue weighted by atomic mass is 10.2. The van der Waals surface area contributed by atoms with Gasteiger partial charge in [0.15, 0.2) is 0 Å². The van der Waals surface area contributed by atoms with Crippen LogP contribution in [0.1, 0.15) is 12.0 Å². The van der Waals surface area contributed by atoms with Crippen molar-refractivity contribution in [3.63, 3.8) is 0 Å². The number of halogens is 1. The predicted octanol–water partition coefficient (Wildman–Crippen LogP) is 1.84. The Labute approximate surface area is 122 Å². The molecule has 1 heterocycles. The van der Waals surface area contributed by atoms with Crippen LogP contribution in [0.3, 0.4) is 0 Å². The minimum absolute atomic E-state index is 0.184. The van der Waals surface area contributed by atoms with Crippen molar-refractivity contribution in [2.45, 2.75) is 13.0 Å². The molecule has 1 N–H and O–H groups in total. The first-order valence-corrected chi connectivity index (χ1v) is 7.33. The number of hydrogen-bond donors (Lipinski definition) is 1. The Morgan fingerprint density at radius 3 is 2.84 bits per heavy atom. The maximum Gasteiger partial charge on any atom is 0.241 e. The number of anilines is 1. The highest BCUT2D eigenvalue weighted by Crippen LogP contribution is 2.28. The highest BCUT2D eigenvalue weighted by Gasteiger charge is 2.20. The summed E-state index contributed by atoms with van der Waals surface area (Å²) in [6.07, 6.45) is 1.01. The fourth-order valence-electron chi connectivity index (χ4n) is 2.31. The van der Waals surface area contributed by atoms with Crippen molar-refractivity contribution in [1.29, 1.82) is 0 Å². The largest absolute Gasteiger partial charge is 0.361 e. The summed E-state index contributed by atoms with van der Waals surface area (Å²) in [5.74, 6) is 0.184. The summed E-state index contributed by atoms with van der Waals surface area (Å²) in [5.41, 5.74) is 2.33. The lowest BCUT2D eigenvalue weighted by Crippen LogP contribution is -2.34. The smallest absolute Gasteiger partial charge is 0.241 e. The van der Waals surface area contributed by atoms with Crippen molar-refractivity contribution in [3.8, 4) is 0 Å². The molecule has 5 heteroatoms. The van der Waals surface area contributed by atoms with Crippen LogP contribution in [0.5, 0.6) is 0 Å². The summed E-state index contributed by atoms with van der Waals surface area (Å²) in [4.78, 5) is 15.9. The van der Waals surface area contributed by atoms with Crippen LogP contribution in [0.2, 0.25) is 0 Å². The van der Waals surface area contributed by atoms with Crippen LogP contribution in [0.4, 0.5) is 5.69 Å². The third-order valence-electron chi connectivity index (χ3n) is 3.41. The molecule has 19 heavy (non-hydrogen) atoms. The molecule has 1 aromatic rings. The monoisotopic (exact) mass is 325 g/mol. The second-order valence-electron chi connectivity index (χ2n) is 4.91. The first-order chi connectivity index (χ1) is 9.11. The number of carbonyl (C=O) groups excluding carboxylic acids is 1. The highest BCUT2D eigenvalue weighted by atomic mass is 79.9. The lowest BCUT2D eigenvalue weighted by molar-refractivity contribution is -0.127. The Morgan fingerprint density at radius 1 is 1.37 bits per heavy atom. The third-order valence-corrected chi connectivity index (χ3v) is 4.04. The van der Waals surface area contributed by atoms with Crippen LogP contribution < -0.4 is 10.2 Å². The number of rotatable bonds is 3. The van der Waals surface area contributed by atoms with E-state index in [1.165, 1.54) is 5.56 Å². The molecule has 1 aliphatic heterocycles. The first-order valence-electron chi connectivity index (χ1n) is 6.53. The van der Waals surface area contributed by atoms with Gasteiger partial charge in [0, 0.05) is 31.2 Å². The first kappa shape index (κ1) is 14.3. The Kier molecular flexibility index (Phi) is 4.82. The minimum Gasteiger partial charge on any atom is -0.361 e. The van der Waals surface area contributed by atoms with Gasteiger partial charge < -0.3 is 15.1 Å². The topological polar surface area (TPSA) is 35.6 Å². The summed E-state index contributed by atoms with van der Waals surface area (Å²) in [6, 6.07) is 6.32. The molecule has 1 amide bonds. The molecule has 104 valence electrons. The average Bonchev–Trinajstić information content (AvgIpc) is 2.53. The predicted molar refractivity (Wildman–Crippen MR) is 81.4 cm³/mol. The van der Waals surface area contributed by atoms with E-state index in [0.717, 1.165) is 36.2 Å². The van der Waals surface area contributed by atoms with Gasteiger partial charge in [0.05, 0.1) is 12.2 Å². The fourth-order valence-corrected chi connectivity index (χ4v) is 2.99. The summed E-state index contributed by atoms with van der Waals surface area (Å²) in [6.45, 7) is 3.06. The molecule has 2 rings (SSSR count). The van der Waals surface area contributed by atoms with Gasteiger partial charge >= 0.3 is 0 Å². The molecule has 0 aliphatic carbocycles. The molecule has 0 saturated carbocycles. The van der Waals surface area contributed by atoms with Crippen molar-refractivity contribution >= 4 is 27.5 Å². The van der Waals surface area contributed by atoms with Crippen molar-refractivity contribution in [2.24, 2.45) is 0 Å². The number of nitrogens with zero attached hydrogens (tertiary/aromatic N) is 2. The minimum atomic E-state index is 0.184. The zero-order valence-corrected chi connectivity index (χ0v) is 13.0. The summed E-state index contributed by atoms with van der Waals surface area (Å²) < 4.78 is 1.05. The van der Waals surface area contributed by atoms with Crippen LogP contribution in [-0.2, 0) is 11.3 Å². The molecular weight excluding hydrogens is 306 g/mol. The maximum absolute atomic E-state index is 11.9. The van der Waals surface area contributed by atoms with Crippen LogP contribution in [0.25, 0.3) is 0 Å². The molecule has 0 atom stereocenters. The van der Waals surface area contributed by atoms with E-state index in [2.05, 4.69) is 44.3 Å². The van der Waals surface area contributed by atoms with E-state index in [1.54, 1.807) is 0 Å². The second kappa shape index (κ2) is 6.39. The second-order valence-corrected chi connectivity index (χ2v) is 5.76. The number of hydrogen-bond acceptors (Lipinski definition) is 3. The molecule has 1 aromatic carbocycles. The number of benzene rings is 1. The Bertz CT molecular complexity index is 464. The fraction of sp³-hybridized carbons (Fsp3) is 0.500. The van der Waals surface area contributed by atoms with Crippen molar-refractivity contribution in [3.05, 3.63) is 28.2 Å². The molecule has 0 unspecified atom stereocenters. The van der Waals surface area contributed by atoms with E-state index in [0.29, 0.717) is 6.54 Å². The van der Waals surface area contributed by atoms with Gasteiger partial charge in [0.1, 0.15) is 0 Å². The molecule has 0 spiro atoms. The van der Waals surface area contributed by atoms with Gasteiger partial charge in [0.25, 0.3) is 0 Å². The van der Waals surface area contributed by atoms with Crippen LogP contribution in [0.15, 0.2) is 22.7 Å². The van der Waals surface area contributed by atoms with E-state index in [1.807, 2.05) is 19.0 Å². The van der Waals surface area contributed by atoms with Gasteiger partial charge in [-0.2, -0.15) is 0 Å². The molecule has 4 nitrogen and oxygen atoms in total. The van der Waals surface area contributed by atoms with Gasteiger partial charge in [-0.05, 0) is 47.1 Å². The van der Waals surface area contributed by atoms with Crippen molar-refractivity contribution in [1.82, 2.24) is 10.2 Å². The van der Waals surface area contributed by atoms with E-state index >= 15 is 0 Å². The molecule has 0 bridgehead atoms. The standard InChI is InChI=1S/C14H20BrN3O/c1-16-9-11-4-5-13(12(15)8-11)18-7-3-6-17(2)14(19)10-18/h4-5,8,16H,3,6-7,9-10H2,1-2H3. The van der Waals surface area contributed by atoms with Gasteiger partial charge in [-0.15, -0.1) is 0 Å². The average molecular weight is 326 g/mol. The normalized spacial score (nSPS) is 16.7. The van der Waals surface area contributed by atoms with Crippen LogP contribution in [0, 0.1) is 0 Å². The van der Waals surface area contributed by atoms with Crippen LogP contribution >= 0.6 is 15.9 Å². The van der Waals surface area contributed by atoms with Crippen LogP contribution in [-0.4, -0.2) is 44.5 Å². The molecule has 1 fully saturated rings. The summed E-state index contributed by atoms with van der Waals surface area (Å²) in [5, 5.41) is 3.14. The number of likely N-dealkylation sites (N-methyl/N-ethyl adjacent to an activating group) is 1. The molecular formula is C14H20BrN3O. The molecule has 0 radical (unpaired) electrons. The Balaban J connectivity index is 2.19. The summed E-state index contributed by atoms with van der Waals surface area (Å²) >= 11 is 3.62. The highest BCUT2D eigenvalue weighted by molar-refractivity contribution is 9.10. The van der Waals surface area contributed by atoms with E-state index in [9.17, 15) is 4.79 Å². The zero-order chi connectivity index (χ0) is 13.8. The van der Waals surface area contributed by atoms with E-state index < -0.39 is 0 Å². The third kappa shape index (κ3) is 3.48. The quantitative estimate of drug-likeness (QED) is 0.921. The molecule has 1 aliphatic rings.